The van der Waals surface area contributed by atoms with Gasteiger partial charge in [0.25, 0.3) is 0 Å². The van der Waals surface area contributed by atoms with Crippen molar-refractivity contribution in [2.45, 2.75) is 38.5 Å². The number of amides is 2. The lowest BCUT2D eigenvalue weighted by Crippen LogP contribution is -2.47. The summed E-state index contributed by atoms with van der Waals surface area (Å²) in [5.41, 5.74) is 2.77. The van der Waals surface area contributed by atoms with E-state index in [0.717, 1.165) is 19.3 Å². The summed E-state index contributed by atoms with van der Waals surface area (Å²) in [5, 5.41) is 12.0. The summed E-state index contributed by atoms with van der Waals surface area (Å²) in [6, 6.07) is 8.46. The average molecular weight is 290 g/mol. The van der Waals surface area contributed by atoms with Crippen LogP contribution in [0.25, 0.3) is 0 Å². The number of carbonyl (C=O) groups excluding carboxylic acids is 1. The van der Waals surface area contributed by atoms with Crippen LogP contribution in [0.5, 0.6) is 0 Å². The van der Waals surface area contributed by atoms with Crippen molar-refractivity contribution < 1.29 is 9.90 Å². The zero-order chi connectivity index (χ0) is 15.3. The molecule has 0 fully saturated rings. The van der Waals surface area contributed by atoms with E-state index in [1.165, 1.54) is 11.1 Å². The third-order valence-electron chi connectivity index (χ3n) is 4.51. The fraction of sp³-hybridized carbons (Fsp3) is 0.588. The van der Waals surface area contributed by atoms with Gasteiger partial charge in [0.2, 0.25) is 0 Å². The molecule has 1 atom stereocenters. The Morgan fingerprint density at radius 1 is 1.43 bits per heavy atom. The number of hydrogen-bond acceptors (Lipinski definition) is 2. The van der Waals surface area contributed by atoms with Crippen LogP contribution in [0.15, 0.2) is 24.3 Å². The fourth-order valence-electron chi connectivity index (χ4n) is 3.22. The molecular formula is C17H26N2O2. The molecule has 1 aromatic carbocycles. The number of nitrogens with zero attached hydrogens (tertiary/aromatic N) is 1. The lowest BCUT2D eigenvalue weighted by atomic mass is 9.71. The lowest BCUT2D eigenvalue weighted by Gasteiger charge is -2.36. The van der Waals surface area contributed by atoms with Crippen LogP contribution < -0.4 is 5.32 Å². The van der Waals surface area contributed by atoms with Crippen molar-refractivity contribution >= 4 is 6.03 Å². The number of fused-ring (bicyclic) bond motifs is 1. The molecule has 0 heterocycles. The van der Waals surface area contributed by atoms with E-state index in [2.05, 4.69) is 36.5 Å². The average Bonchev–Trinajstić information content (AvgIpc) is 2.51. The first-order valence-corrected chi connectivity index (χ1v) is 7.83. The molecule has 0 bridgehead atoms. The van der Waals surface area contributed by atoms with Crippen molar-refractivity contribution in [1.82, 2.24) is 10.2 Å². The maximum atomic E-state index is 12.2. The van der Waals surface area contributed by atoms with Gasteiger partial charge in [-0.25, -0.2) is 4.79 Å². The standard InChI is InChI=1S/C17H26N2O2/c1-3-19(11-12-20)16(21)18-13-17(2)10-6-8-14-7-4-5-9-15(14)17/h4-5,7,9,20H,3,6,8,10-13H2,1-2H3,(H,18,21). The summed E-state index contributed by atoms with van der Waals surface area (Å²) < 4.78 is 0. The molecule has 1 aliphatic carbocycles. The second-order valence-corrected chi connectivity index (χ2v) is 6.03. The van der Waals surface area contributed by atoms with Gasteiger partial charge in [0.15, 0.2) is 0 Å². The van der Waals surface area contributed by atoms with Gasteiger partial charge in [-0.3, -0.25) is 0 Å². The summed E-state index contributed by atoms with van der Waals surface area (Å²) in [4.78, 5) is 13.8. The van der Waals surface area contributed by atoms with E-state index >= 15 is 0 Å². The Bertz CT molecular complexity index is 489. The number of aliphatic hydroxyl groups is 1. The minimum atomic E-state index is -0.0872. The molecule has 1 unspecified atom stereocenters. The first-order chi connectivity index (χ1) is 10.1. The molecule has 0 saturated carbocycles. The number of nitrogens with one attached hydrogen (secondary N) is 1. The molecule has 2 amide bonds. The molecule has 1 aliphatic rings. The van der Waals surface area contributed by atoms with E-state index in [1.807, 2.05) is 6.92 Å². The quantitative estimate of drug-likeness (QED) is 0.874. The van der Waals surface area contributed by atoms with Crippen LogP contribution in [0.1, 0.15) is 37.8 Å². The lowest BCUT2D eigenvalue weighted by molar-refractivity contribution is 0.177. The number of aliphatic hydroxyl groups excluding tert-OH is 1. The van der Waals surface area contributed by atoms with Crippen LogP contribution in [-0.2, 0) is 11.8 Å². The smallest absolute Gasteiger partial charge is 0.317 e. The number of hydrogen-bond donors (Lipinski definition) is 2. The molecule has 2 rings (SSSR count). The van der Waals surface area contributed by atoms with Gasteiger partial charge in [-0.15, -0.1) is 0 Å². The Kier molecular flexibility index (Phi) is 5.23. The molecule has 4 heteroatoms. The number of aryl methyl sites for hydroxylation is 1. The zero-order valence-electron chi connectivity index (χ0n) is 13.1. The highest BCUT2D eigenvalue weighted by molar-refractivity contribution is 5.74. The molecule has 0 aliphatic heterocycles. The van der Waals surface area contributed by atoms with Gasteiger partial charge in [0, 0.05) is 25.0 Å². The van der Waals surface area contributed by atoms with Gasteiger partial charge in [-0.1, -0.05) is 31.2 Å². The van der Waals surface area contributed by atoms with E-state index in [-0.39, 0.29) is 18.1 Å². The van der Waals surface area contributed by atoms with Gasteiger partial charge >= 0.3 is 6.03 Å². The molecule has 4 nitrogen and oxygen atoms in total. The number of carbonyl (C=O) groups is 1. The zero-order valence-corrected chi connectivity index (χ0v) is 13.1. The summed E-state index contributed by atoms with van der Waals surface area (Å²) in [5.74, 6) is 0. The molecule has 2 N–H and O–H groups in total. The maximum Gasteiger partial charge on any atom is 0.317 e. The van der Waals surface area contributed by atoms with Crippen LogP contribution in [0.3, 0.4) is 0 Å². The summed E-state index contributed by atoms with van der Waals surface area (Å²) >= 11 is 0. The van der Waals surface area contributed by atoms with Crippen molar-refractivity contribution in [1.29, 1.82) is 0 Å². The van der Waals surface area contributed by atoms with Gasteiger partial charge in [-0.05, 0) is 37.3 Å². The molecule has 1 aromatic rings. The topological polar surface area (TPSA) is 52.6 Å². The van der Waals surface area contributed by atoms with Crippen LogP contribution in [-0.4, -0.2) is 42.3 Å². The minimum Gasteiger partial charge on any atom is -0.395 e. The number of likely N-dealkylation sites (N-methyl/N-ethyl adjacent to an activating group) is 1. The van der Waals surface area contributed by atoms with E-state index in [9.17, 15) is 4.79 Å². The predicted octanol–water partition coefficient (Wildman–Crippen LogP) is 2.30. The molecular weight excluding hydrogens is 264 g/mol. The highest BCUT2D eigenvalue weighted by atomic mass is 16.3. The van der Waals surface area contributed by atoms with Crippen LogP contribution in [0.4, 0.5) is 4.79 Å². The number of rotatable bonds is 5. The van der Waals surface area contributed by atoms with Crippen LogP contribution >= 0.6 is 0 Å². The number of benzene rings is 1. The Hall–Kier alpha value is -1.55. The summed E-state index contributed by atoms with van der Waals surface area (Å²) in [6.45, 7) is 5.79. The third-order valence-corrected chi connectivity index (χ3v) is 4.51. The van der Waals surface area contributed by atoms with E-state index in [1.54, 1.807) is 4.90 Å². The van der Waals surface area contributed by atoms with Gasteiger partial charge in [-0.2, -0.15) is 0 Å². The Morgan fingerprint density at radius 3 is 2.90 bits per heavy atom. The fourth-order valence-corrected chi connectivity index (χ4v) is 3.22. The van der Waals surface area contributed by atoms with Crippen molar-refractivity contribution in [2.24, 2.45) is 0 Å². The molecule has 21 heavy (non-hydrogen) atoms. The first kappa shape index (κ1) is 15.8. The second kappa shape index (κ2) is 6.94. The molecule has 0 radical (unpaired) electrons. The molecule has 0 aromatic heterocycles. The Morgan fingerprint density at radius 2 is 2.19 bits per heavy atom. The minimum absolute atomic E-state index is 0.00135. The highest BCUT2D eigenvalue weighted by Crippen LogP contribution is 2.36. The van der Waals surface area contributed by atoms with Crippen molar-refractivity contribution in [2.75, 3.05) is 26.2 Å². The van der Waals surface area contributed by atoms with E-state index in [4.69, 9.17) is 5.11 Å². The second-order valence-electron chi connectivity index (χ2n) is 6.03. The Balaban J connectivity index is 2.04. The molecule has 0 spiro atoms. The Labute approximate surface area is 127 Å². The first-order valence-electron chi connectivity index (χ1n) is 7.83. The summed E-state index contributed by atoms with van der Waals surface area (Å²) in [6.07, 6.45) is 3.39. The van der Waals surface area contributed by atoms with Gasteiger partial charge in [0.05, 0.1) is 6.61 Å². The maximum absolute atomic E-state index is 12.2. The van der Waals surface area contributed by atoms with Gasteiger partial charge < -0.3 is 15.3 Å². The van der Waals surface area contributed by atoms with E-state index < -0.39 is 0 Å². The monoisotopic (exact) mass is 290 g/mol. The van der Waals surface area contributed by atoms with Crippen LogP contribution in [0, 0.1) is 0 Å². The molecule has 0 saturated heterocycles. The van der Waals surface area contributed by atoms with E-state index in [0.29, 0.717) is 19.6 Å². The normalized spacial score (nSPS) is 20.7. The number of urea groups is 1. The third kappa shape index (κ3) is 3.56. The summed E-state index contributed by atoms with van der Waals surface area (Å²) in [7, 11) is 0. The highest BCUT2D eigenvalue weighted by Gasteiger charge is 2.32. The van der Waals surface area contributed by atoms with Crippen molar-refractivity contribution in [3.05, 3.63) is 35.4 Å². The largest absolute Gasteiger partial charge is 0.395 e. The molecule has 116 valence electrons. The van der Waals surface area contributed by atoms with Crippen molar-refractivity contribution in [3.8, 4) is 0 Å². The van der Waals surface area contributed by atoms with Crippen LogP contribution in [0.2, 0.25) is 0 Å². The predicted molar refractivity (Wildman–Crippen MR) is 84.5 cm³/mol. The SMILES string of the molecule is CCN(CCO)C(=O)NCC1(C)CCCc2ccccc21. The van der Waals surface area contributed by atoms with Gasteiger partial charge in [0.1, 0.15) is 0 Å². The van der Waals surface area contributed by atoms with Crippen molar-refractivity contribution in [3.63, 3.8) is 0 Å².